The molecule has 0 spiro atoms. The van der Waals surface area contributed by atoms with Gasteiger partial charge in [-0.2, -0.15) is 0 Å². The highest BCUT2D eigenvalue weighted by molar-refractivity contribution is 5.68. The molecule has 1 rings (SSSR count). The number of aliphatic hydroxyl groups excluding tert-OH is 1. The molecule has 6 nitrogen and oxygen atoms in total. The molecule has 0 saturated carbocycles. The number of nitrogens with one attached hydrogen (secondary N) is 1. The third-order valence-electron chi connectivity index (χ3n) is 2.92. The number of amides is 1. The van der Waals surface area contributed by atoms with Crippen molar-refractivity contribution in [3.63, 3.8) is 0 Å². The summed E-state index contributed by atoms with van der Waals surface area (Å²) in [5, 5.41) is 12.2. The van der Waals surface area contributed by atoms with Gasteiger partial charge in [-0.05, 0) is 33.1 Å². The lowest BCUT2D eigenvalue weighted by molar-refractivity contribution is 0.0478. The Morgan fingerprint density at radius 3 is 2.67 bits per heavy atom. The first-order chi connectivity index (χ1) is 9.73. The Bertz CT molecular complexity index is 449. The third kappa shape index (κ3) is 6.16. The van der Waals surface area contributed by atoms with E-state index in [1.54, 1.807) is 33.3 Å². The van der Waals surface area contributed by atoms with E-state index in [1.807, 2.05) is 4.57 Å². The Morgan fingerprint density at radius 2 is 2.14 bits per heavy atom. The Kier molecular flexibility index (Phi) is 6.20. The summed E-state index contributed by atoms with van der Waals surface area (Å²) in [7, 11) is 0. The van der Waals surface area contributed by atoms with E-state index < -0.39 is 17.7 Å². The first kappa shape index (κ1) is 17.5. The van der Waals surface area contributed by atoms with Gasteiger partial charge in [-0.3, -0.25) is 0 Å². The van der Waals surface area contributed by atoms with Crippen molar-refractivity contribution in [3.05, 3.63) is 18.2 Å². The van der Waals surface area contributed by atoms with Crippen LogP contribution in [0.5, 0.6) is 0 Å². The highest BCUT2D eigenvalue weighted by atomic mass is 16.6. The maximum atomic E-state index is 11.8. The number of ether oxygens (including phenoxy) is 1. The van der Waals surface area contributed by atoms with Crippen LogP contribution in [0.4, 0.5) is 4.79 Å². The van der Waals surface area contributed by atoms with Crippen molar-refractivity contribution in [1.82, 2.24) is 14.9 Å². The highest BCUT2D eigenvalue weighted by Crippen LogP contribution is 2.15. The lowest BCUT2D eigenvalue weighted by Gasteiger charge is -2.23. The van der Waals surface area contributed by atoms with Gasteiger partial charge in [0.2, 0.25) is 0 Å². The van der Waals surface area contributed by atoms with Gasteiger partial charge in [0.05, 0.1) is 30.9 Å². The van der Waals surface area contributed by atoms with E-state index in [0.717, 1.165) is 18.7 Å². The average molecular weight is 297 g/mol. The quantitative estimate of drug-likeness (QED) is 0.845. The zero-order valence-electron chi connectivity index (χ0n) is 13.6. The molecule has 0 aliphatic heterocycles. The van der Waals surface area contributed by atoms with Gasteiger partial charge in [-0.25, -0.2) is 9.78 Å². The van der Waals surface area contributed by atoms with E-state index in [4.69, 9.17) is 4.74 Å². The minimum Gasteiger partial charge on any atom is -0.444 e. The van der Waals surface area contributed by atoms with E-state index in [1.165, 1.54) is 0 Å². The van der Waals surface area contributed by atoms with Crippen molar-refractivity contribution >= 4 is 6.09 Å². The third-order valence-corrected chi connectivity index (χ3v) is 2.92. The molecule has 0 aliphatic rings. The summed E-state index contributed by atoms with van der Waals surface area (Å²) in [5.74, 6) is 0.576. The number of nitrogens with zero attached hydrogens (tertiary/aromatic N) is 2. The molecule has 0 aliphatic carbocycles. The highest BCUT2D eigenvalue weighted by Gasteiger charge is 2.22. The van der Waals surface area contributed by atoms with Crippen LogP contribution in [0.15, 0.2) is 12.5 Å². The van der Waals surface area contributed by atoms with Crippen molar-refractivity contribution < 1.29 is 14.6 Å². The van der Waals surface area contributed by atoms with Crippen molar-refractivity contribution in [2.24, 2.45) is 5.92 Å². The van der Waals surface area contributed by atoms with E-state index in [2.05, 4.69) is 24.1 Å². The zero-order chi connectivity index (χ0) is 16.0. The van der Waals surface area contributed by atoms with Gasteiger partial charge >= 0.3 is 6.09 Å². The number of carbonyl (C=O) groups is 1. The van der Waals surface area contributed by atoms with E-state index in [-0.39, 0.29) is 6.61 Å². The molecule has 0 fully saturated rings. The molecule has 6 heteroatoms. The minimum atomic E-state index is -0.567. The van der Waals surface area contributed by atoms with Crippen molar-refractivity contribution in [2.45, 2.75) is 59.2 Å². The number of hydrogen-bond acceptors (Lipinski definition) is 4. The van der Waals surface area contributed by atoms with Crippen LogP contribution < -0.4 is 5.32 Å². The van der Waals surface area contributed by atoms with E-state index >= 15 is 0 Å². The summed E-state index contributed by atoms with van der Waals surface area (Å²) in [4.78, 5) is 15.9. The first-order valence-corrected chi connectivity index (χ1v) is 7.33. The van der Waals surface area contributed by atoms with E-state index in [0.29, 0.717) is 5.92 Å². The normalized spacial score (nSPS) is 13.3. The Morgan fingerprint density at radius 1 is 1.48 bits per heavy atom. The van der Waals surface area contributed by atoms with Crippen LogP contribution in [0.2, 0.25) is 0 Å². The predicted octanol–water partition coefficient (Wildman–Crippen LogP) is 2.49. The number of aromatic nitrogens is 2. The molecule has 0 aromatic carbocycles. The number of carbonyl (C=O) groups excluding carboxylic acids is 1. The number of alkyl carbamates (subject to hydrolysis) is 1. The smallest absolute Gasteiger partial charge is 0.408 e. The van der Waals surface area contributed by atoms with Crippen molar-refractivity contribution in [1.29, 1.82) is 0 Å². The Labute approximate surface area is 126 Å². The fourth-order valence-corrected chi connectivity index (χ4v) is 1.87. The minimum absolute atomic E-state index is 0.202. The molecule has 0 saturated heterocycles. The molecule has 1 aromatic rings. The number of hydrogen-bond donors (Lipinski definition) is 2. The second kappa shape index (κ2) is 7.45. The summed E-state index contributed by atoms with van der Waals surface area (Å²) < 4.78 is 7.17. The van der Waals surface area contributed by atoms with Gasteiger partial charge in [0.25, 0.3) is 0 Å². The Hall–Kier alpha value is -1.56. The van der Waals surface area contributed by atoms with Crippen LogP contribution in [0.25, 0.3) is 0 Å². The second-order valence-corrected chi connectivity index (χ2v) is 6.58. The largest absolute Gasteiger partial charge is 0.444 e. The fraction of sp³-hybridized carbons (Fsp3) is 0.733. The molecule has 1 atom stereocenters. The number of imidazole rings is 1. The van der Waals surface area contributed by atoms with Gasteiger partial charge in [0, 0.05) is 6.54 Å². The number of aryl methyl sites for hydroxylation is 1. The van der Waals surface area contributed by atoms with Gasteiger partial charge < -0.3 is 19.7 Å². The van der Waals surface area contributed by atoms with Gasteiger partial charge in [0.15, 0.2) is 0 Å². The molecule has 2 N–H and O–H groups in total. The number of aliphatic hydroxyl groups is 1. The molecule has 0 bridgehead atoms. The summed E-state index contributed by atoms with van der Waals surface area (Å²) in [6.07, 6.45) is 3.85. The maximum Gasteiger partial charge on any atom is 0.408 e. The molecule has 1 heterocycles. The zero-order valence-corrected chi connectivity index (χ0v) is 13.6. The molecule has 1 amide bonds. The summed E-state index contributed by atoms with van der Waals surface area (Å²) in [6, 6.07) is -0.519. The van der Waals surface area contributed by atoms with Crippen molar-refractivity contribution in [3.8, 4) is 0 Å². The summed E-state index contributed by atoms with van der Waals surface area (Å²) >= 11 is 0. The van der Waals surface area contributed by atoms with Gasteiger partial charge in [0.1, 0.15) is 5.60 Å². The topological polar surface area (TPSA) is 76.4 Å². The lowest BCUT2D eigenvalue weighted by atomic mass is 10.1. The monoisotopic (exact) mass is 297 g/mol. The van der Waals surface area contributed by atoms with Crippen LogP contribution in [-0.4, -0.2) is 33.0 Å². The molecule has 0 radical (unpaired) electrons. The molecule has 120 valence electrons. The van der Waals surface area contributed by atoms with Crippen LogP contribution in [0.1, 0.15) is 52.8 Å². The molecular weight excluding hydrogens is 270 g/mol. The second-order valence-electron chi connectivity index (χ2n) is 6.58. The van der Waals surface area contributed by atoms with Crippen LogP contribution in [0.3, 0.4) is 0 Å². The summed E-state index contributed by atoms with van der Waals surface area (Å²) in [6.45, 7) is 10.3. The molecule has 1 unspecified atom stereocenters. The summed E-state index contributed by atoms with van der Waals surface area (Å²) in [5.41, 5.74) is 0.214. The lowest BCUT2D eigenvalue weighted by Crippen LogP contribution is -2.37. The molecule has 1 aromatic heterocycles. The average Bonchev–Trinajstić information content (AvgIpc) is 2.79. The SMILES string of the molecule is CC(C)CCn1cncc1C(CO)NC(=O)OC(C)(C)C. The molecule has 21 heavy (non-hydrogen) atoms. The van der Waals surface area contributed by atoms with Gasteiger partial charge in [-0.15, -0.1) is 0 Å². The van der Waals surface area contributed by atoms with Crippen LogP contribution in [-0.2, 0) is 11.3 Å². The molecular formula is C15H27N3O3. The van der Waals surface area contributed by atoms with Crippen molar-refractivity contribution in [2.75, 3.05) is 6.61 Å². The number of rotatable bonds is 6. The van der Waals surface area contributed by atoms with Gasteiger partial charge in [-0.1, -0.05) is 13.8 Å². The van der Waals surface area contributed by atoms with E-state index in [9.17, 15) is 9.90 Å². The predicted molar refractivity (Wildman–Crippen MR) is 80.9 cm³/mol. The maximum absolute atomic E-state index is 11.8. The standard InChI is InChI=1S/C15H27N3O3/c1-11(2)6-7-18-10-16-8-13(18)12(9-19)17-14(20)21-15(3,4)5/h8,10-12,19H,6-7,9H2,1-5H3,(H,17,20). The van der Waals surface area contributed by atoms with Crippen LogP contribution >= 0.6 is 0 Å². The Balaban J connectivity index is 2.72. The first-order valence-electron chi connectivity index (χ1n) is 7.33. The fourth-order valence-electron chi connectivity index (χ4n) is 1.87. The van der Waals surface area contributed by atoms with Crippen LogP contribution in [0, 0.1) is 5.92 Å².